The van der Waals surface area contributed by atoms with Gasteiger partial charge < -0.3 is 51.2 Å². The molecular weight excluding hydrogens is 692 g/mol. The molecule has 16 heteroatoms. The van der Waals surface area contributed by atoms with E-state index in [1.807, 2.05) is 0 Å². The summed E-state index contributed by atoms with van der Waals surface area (Å²) in [4.78, 5) is 72.3. The number of hydrogen-bond donors (Lipinski definition) is 7. The van der Waals surface area contributed by atoms with Crippen LogP contribution in [0, 0.1) is 0 Å². The van der Waals surface area contributed by atoms with Crippen molar-refractivity contribution in [2.24, 2.45) is 5.73 Å². The van der Waals surface area contributed by atoms with Gasteiger partial charge in [0.2, 0.25) is 23.6 Å². The average molecular weight is 759 g/mol. The minimum absolute atomic E-state index is 0.181. The van der Waals surface area contributed by atoms with Crippen LogP contribution < -0.4 is 21.7 Å². The molecule has 306 valence electrons. The Hall–Kier alpha value is -3.34. The Labute approximate surface area is 314 Å². The summed E-state index contributed by atoms with van der Waals surface area (Å²) in [5, 5.41) is 37.8. The Morgan fingerprint density at radius 2 is 1.30 bits per heavy atom. The van der Waals surface area contributed by atoms with Crippen molar-refractivity contribution < 1.29 is 58.3 Å². The summed E-state index contributed by atoms with van der Waals surface area (Å²) in [6, 6.07) is -3.80. The molecule has 0 radical (unpaired) electrons. The summed E-state index contributed by atoms with van der Waals surface area (Å²) < 4.78 is 16.6. The molecule has 4 amide bonds. The van der Waals surface area contributed by atoms with Crippen LogP contribution in [0.1, 0.15) is 143 Å². The third-order valence-electron chi connectivity index (χ3n) is 9.25. The molecule has 53 heavy (non-hydrogen) atoms. The third kappa shape index (κ3) is 20.6. The van der Waals surface area contributed by atoms with Gasteiger partial charge in [-0.3, -0.25) is 28.8 Å². The van der Waals surface area contributed by atoms with Crippen LogP contribution in [0.3, 0.4) is 0 Å². The van der Waals surface area contributed by atoms with Gasteiger partial charge in [0.1, 0.15) is 49.1 Å². The highest BCUT2D eigenvalue weighted by atomic mass is 16.6. The number of aliphatic carboxylic acids is 1. The number of rotatable bonds is 29. The van der Waals surface area contributed by atoms with E-state index in [-0.39, 0.29) is 12.8 Å². The second-order valence-electron chi connectivity index (χ2n) is 14.0. The summed E-state index contributed by atoms with van der Waals surface area (Å²) in [6.07, 6.45) is 10.3. The lowest BCUT2D eigenvalue weighted by Gasteiger charge is -2.43. The van der Waals surface area contributed by atoms with Gasteiger partial charge in [-0.2, -0.15) is 0 Å². The number of hydrogen-bond acceptors (Lipinski definition) is 11. The minimum Gasteiger partial charge on any atom is -0.481 e. The van der Waals surface area contributed by atoms with Crippen molar-refractivity contribution in [3.8, 4) is 0 Å². The molecule has 0 aromatic heterocycles. The Kier molecular flexibility index (Phi) is 24.5. The first kappa shape index (κ1) is 47.7. The molecule has 2 unspecified atom stereocenters. The van der Waals surface area contributed by atoms with Crippen LogP contribution in [0.4, 0.5) is 0 Å². The van der Waals surface area contributed by atoms with Crippen molar-refractivity contribution in [2.75, 3.05) is 6.61 Å². The maximum absolute atomic E-state index is 12.9. The number of ether oxygens (including phenoxy) is 3. The van der Waals surface area contributed by atoms with Gasteiger partial charge in [-0.25, -0.2) is 0 Å². The molecular formula is C37H66N4O12. The number of carbonyl (C=O) groups is 6. The number of carboxylic acid groups (broad SMARTS) is 1. The van der Waals surface area contributed by atoms with Crippen molar-refractivity contribution in [3.05, 3.63) is 0 Å². The van der Waals surface area contributed by atoms with Gasteiger partial charge in [-0.05, 0) is 26.7 Å². The predicted molar refractivity (Wildman–Crippen MR) is 195 cm³/mol. The number of aliphatic hydroxyl groups is 2. The highest BCUT2D eigenvalue weighted by molar-refractivity contribution is 5.92. The topological polar surface area (TPSA) is 253 Å². The molecule has 1 fully saturated rings. The zero-order chi connectivity index (χ0) is 39.8. The summed E-state index contributed by atoms with van der Waals surface area (Å²) in [7, 11) is 0. The lowest BCUT2D eigenvalue weighted by Crippen LogP contribution is -2.66. The Balaban J connectivity index is 2.53. The van der Waals surface area contributed by atoms with E-state index in [2.05, 4.69) is 22.9 Å². The van der Waals surface area contributed by atoms with Crippen molar-refractivity contribution in [3.63, 3.8) is 0 Å². The lowest BCUT2D eigenvalue weighted by molar-refractivity contribution is -0.267. The first-order chi connectivity index (χ1) is 25.2. The molecule has 8 N–H and O–H groups in total. The second-order valence-corrected chi connectivity index (χ2v) is 14.0. The second kappa shape index (κ2) is 27.3. The SMILES string of the molecule is CCCCCCCCCCCCCCCCCC(=O)OC[C@H]1OC(O)[C@H](NC(C)=O)[C@@H](OC(C)C(=O)N[C@@H](C)C(=O)N[C@H](CCC(=O)O)C(N)=O)[C@@H]1O. The quantitative estimate of drug-likeness (QED) is 0.0429. The Bertz CT molecular complexity index is 1130. The Morgan fingerprint density at radius 1 is 0.774 bits per heavy atom. The molecule has 0 saturated carbocycles. The van der Waals surface area contributed by atoms with Crippen LogP contribution >= 0.6 is 0 Å². The van der Waals surface area contributed by atoms with Crippen LogP contribution in [0.15, 0.2) is 0 Å². The highest BCUT2D eigenvalue weighted by Gasteiger charge is 2.47. The molecule has 0 bridgehead atoms. The zero-order valence-corrected chi connectivity index (χ0v) is 32.1. The van der Waals surface area contributed by atoms with Gasteiger partial charge in [0.05, 0.1) is 0 Å². The van der Waals surface area contributed by atoms with Gasteiger partial charge >= 0.3 is 11.9 Å². The standard InChI is InChI=1S/C37H66N4O12/c1-5-6-7-8-9-10-11-12-13-14-15-16-17-18-19-20-30(45)51-23-28-32(46)33(31(37(50)53-28)40-26(4)42)52-25(3)36(49)39-24(2)35(48)41-27(34(38)47)21-22-29(43)44/h24-25,27-28,31-33,37,46,50H,5-23H2,1-4H3,(H2,38,47)(H,39,49)(H,40,42)(H,41,48)(H,43,44)/t24-,25?,27+,28+,31+,32+,33+,37?/m0/s1. The van der Waals surface area contributed by atoms with Gasteiger partial charge in [0, 0.05) is 19.8 Å². The normalized spacial score (nSPS) is 21.5. The molecule has 0 aliphatic carbocycles. The maximum Gasteiger partial charge on any atom is 0.305 e. The summed E-state index contributed by atoms with van der Waals surface area (Å²) in [5.74, 6) is -4.85. The summed E-state index contributed by atoms with van der Waals surface area (Å²) in [5.41, 5.74) is 5.25. The molecule has 8 atom stereocenters. The van der Waals surface area contributed by atoms with E-state index in [0.717, 1.165) is 19.3 Å². The molecule has 1 aliphatic heterocycles. The monoisotopic (exact) mass is 758 g/mol. The maximum atomic E-state index is 12.9. The van der Waals surface area contributed by atoms with Gasteiger partial charge in [0.25, 0.3) is 0 Å². The molecule has 1 aliphatic rings. The average Bonchev–Trinajstić information content (AvgIpc) is 3.09. The van der Waals surface area contributed by atoms with Crippen molar-refractivity contribution in [1.29, 1.82) is 0 Å². The van der Waals surface area contributed by atoms with E-state index in [9.17, 15) is 39.0 Å². The van der Waals surface area contributed by atoms with Crippen molar-refractivity contribution in [1.82, 2.24) is 16.0 Å². The number of aliphatic hydroxyl groups excluding tert-OH is 2. The van der Waals surface area contributed by atoms with Crippen molar-refractivity contribution >= 4 is 35.6 Å². The van der Waals surface area contributed by atoms with Crippen LogP contribution in [0.2, 0.25) is 0 Å². The van der Waals surface area contributed by atoms with Gasteiger partial charge in [-0.1, -0.05) is 96.8 Å². The van der Waals surface area contributed by atoms with E-state index in [4.69, 9.17) is 25.1 Å². The van der Waals surface area contributed by atoms with Gasteiger partial charge in [-0.15, -0.1) is 0 Å². The molecule has 1 saturated heterocycles. The fourth-order valence-electron chi connectivity index (χ4n) is 6.05. The van der Waals surface area contributed by atoms with Crippen LogP contribution in [-0.4, -0.2) is 106 Å². The molecule has 0 spiro atoms. The molecule has 1 rings (SSSR count). The molecule has 0 aromatic rings. The Morgan fingerprint density at radius 3 is 1.79 bits per heavy atom. The fourth-order valence-corrected chi connectivity index (χ4v) is 6.05. The molecule has 0 aromatic carbocycles. The zero-order valence-electron chi connectivity index (χ0n) is 32.1. The molecule has 1 heterocycles. The van der Waals surface area contributed by atoms with Crippen LogP contribution in [-0.2, 0) is 43.0 Å². The largest absolute Gasteiger partial charge is 0.481 e. The van der Waals surface area contributed by atoms with E-state index in [1.165, 1.54) is 91.4 Å². The number of primary amides is 1. The van der Waals surface area contributed by atoms with Crippen LogP contribution in [0.25, 0.3) is 0 Å². The summed E-state index contributed by atoms with van der Waals surface area (Å²) in [6.45, 7) is 5.62. The van der Waals surface area contributed by atoms with Crippen molar-refractivity contribution in [2.45, 2.75) is 192 Å². The number of nitrogens with one attached hydrogen (secondary N) is 3. The van der Waals surface area contributed by atoms with E-state index in [0.29, 0.717) is 6.42 Å². The number of carbonyl (C=O) groups excluding carboxylic acids is 5. The number of esters is 1. The minimum atomic E-state index is -1.69. The lowest BCUT2D eigenvalue weighted by atomic mass is 9.96. The fraction of sp³-hybridized carbons (Fsp3) is 0.838. The van der Waals surface area contributed by atoms with E-state index >= 15 is 0 Å². The van der Waals surface area contributed by atoms with E-state index < -0.39 is 97.4 Å². The highest BCUT2D eigenvalue weighted by Crippen LogP contribution is 2.25. The first-order valence-corrected chi connectivity index (χ1v) is 19.4. The number of nitrogens with two attached hydrogens (primary N) is 1. The summed E-state index contributed by atoms with van der Waals surface area (Å²) >= 11 is 0. The third-order valence-corrected chi connectivity index (χ3v) is 9.25. The molecule has 16 nitrogen and oxygen atoms in total. The van der Waals surface area contributed by atoms with E-state index in [1.54, 1.807) is 0 Å². The van der Waals surface area contributed by atoms with Gasteiger partial charge in [0.15, 0.2) is 6.29 Å². The predicted octanol–water partition coefficient (Wildman–Crippen LogP) is 2.49. The number of unbranched alkanes of at least 4 members (excludes halogenated alkanes) is 14. The number of carboxylic acids is 1. The number of amides is 4. The van der Waals surface area contributed by atoms with Crippen LogP contribution in [0.5, 0.6) is 0 Å². The first-order valence-electron chi connectivity index (χ1n) is 19.4. The smallest absolute Gasteiger partial charge is 0.305 e.